The Kier molecular flexibility index (Phi) is 17.4. The van der Waals surface area contributed by atoms with Crippen LogP contribution < -0.4 is 4.57 Å². The lowest BCUT2D eigenvalue weighted by molar-refractivity contribution is -0.710. The predicted octanol–water partition coefficient (Wildman–Crippen LogP) is 11.4. The van der Waals surface area contributed by atoms with Crippen molar-refractivity contribution < 1.29 is 4.57 Å². The van der Waals surface area contributed by atoms with Gasteiger partial charge in [0.1, 0.15) is 11.9 Å². The molecule has 0 amide bonds. The van der Waals surface area contributed by atoms with E-state index in [4.69, 9.17) is 0 Å². The van der Waals surface area contributed by atoms with Gasteiger partial charge in [-0.05, 0) is 42.7 Å². The van der Waals surface area contributed by atoms with E-state index >= 15 is 0 Å². The van der Waals surface area contributed by atoms with E-state index in [1.807, 2.05) is 0 Å². The summed E-state index contributed by atoms with van der Waals surface area (Å²) < 4.78 is 5.37. The fraction of sp³-hybridized carbons (Fsp3) is 0.625. The summed E-state index contributed by atoms with van der Waals surface area (Å²) in [7, 11) is 0. The molecule has 0 saturated heterocycles. The molecule has 2 aromatic carbocycles. The fourth-order valence-electron chi connectivity index (χ4n) is 6.46. The van der Waals surface area contributed by atoms with Crippen LogP contribution in [0.1, 0.15) is 158 Å². The van der Waals surface area contributed by atoms with Crippen molar-refractivity contribution in [3.63, 3.8) is 0 Å². The third kappa shape index (κ3) is 12.9. The largest absolute Gasteiger partial charge is 0.261 e. The highest BCUT2D eigenvalue weighted by Gasteiger charge is 2.25. The lowest BCUT2D eigenvalue weighted by atomic mass is 9.96. The molecule has 3 rings (SSSR count). The van der Waals surface area contributed by atoms with Crippen LogP contribution in [0.25, 0.3) is 0 Å². The fourth-order valence-corrected chi connectivity index (χ4v) is 6.46. The maximum atomic E-state index is 2.73. The Labute approximate surface area is 260 Å². The molecule has 1 atom stereocenters. The minimum Gasteiger partial charge on any atom is -0.234 e. The molecule has 1 unspecified atom stereocenters. The van der Waals surface area contributed by atoms with Gasteiger partial charge >= 0.3 is 0 Å². The monoisotopic (exact) mass is 571 g/mol. The van der Waals surface area contributed by atoms with E-state index in [0.29, 0.717) is 5.92 Å². The zero-order valence-electron chi connectivity index (χ0n) is 27.7. The molecule has 0 aliphatic rings. The number of imidazole rings is 1. The summed E-state index contributed by atoms with van der Waals surface area (Å²) in [6, 6.07) is 22.3. The molecule has 0 bridgehead atoms. The van der Waals surface area contributed by atoms with Gasteiger partial charge in [-0.1, -0.05) is 165 Å². The summed E-state index contributed by atoms with van der Waals surface area (Å²) >= 11 is 0. The van der Waals surface area contributed by atoms with E-state index in [2.05, 4.69) is 96.8 Å². The first-order valence-electron chi connectivity index (χ1n) is 17.9. The first-order chi connectivity index (χ1) is 20.7. The molecule has 0 fully saturated rings. The van der Waals surface area contributed by atoms with Gasteiger partial charge in [0.15, 0.2) is 0 Å². The summed E-state index contributed by atoms with van der Waals surface area (Å²) in [4.78, 5) is 0. The SMILES string of the molecule is CCCCCCCCCCCCCn1cc(CC(C)c2ccccc2)[n+](CCCCCCCC)c1Cc1ccccc1. The van der Waals surface area contributed by atoms with Crippen LogP contribution in [0.15, 0.2) is 66.9 Å². The lowest BCUT2D eigenvalue weighted by Crippen LogP contribution is -2.41. The number of unbranched alkanes of at least 4 members (excludes halogenated alkanes) is 15. The molecular formula is C40H63N2+. The molecule has 0 saturated carbocycles. The van der Waals surface area contributed by atoms with E-state index in [1.165, 1.54) is 132 Å². The van der Waals surface area contributed by atoms with Crippen molar-refractivity contribution in [2.45, 2.75) is 162 Å². The first-order valence-corrected chi connectivity index (χ1v) is 17.9. The average molecular weight is 572 g/mol. The van der Waals surface area contributed by atoms with Gasteiger partial charge < -0.3 is 0 Å². The molecule has 2 heteroatoms. The molecule has 2 nitrogen and oxygen atoms in total. The summed E-state index contributed by atoms with van der Waals surface area (Å²) in [6.07, 6.45) is 28.1. The summed E-state index contributed by atoms with van der Waals surface area (Å²) in [5.41, 5.74) is 4.40. The van der Waals surface area contributed by atoms with Crippen LogP contribution >= 0.6 is 0 Å². The molecular weight excluding hydrogens is 508 g/mol. The van der Waals surface area contributed by atoms with Crippen molar-refractivity contribution in [2.24, 2.45) is 0 Å². The van der Waals surface area contributed by atoms with E-state index in [0.717, 1.165) is 25.9 Å². The van der Waals surface area contributed by atoms with Gasteiger partial charge in [-0.3, -0.25) is 0 Å². The highest BCUT2D eigenvalue weighted by molar-refractivity contribution is 5.21. The lowest BCUT2D eigenvalue weighted by Gasteiger charge is -2.12. The molecule has 0 radical (unpaired) electrons. The number of nitrogens with zero attached hydrogens (tertiary/aromatic N) is 2. The highest BCUT2D eigenvalue weighted by Crippen LogP contribution is 2.21. The number of aryl methyl sites for hydroxylation is 1. The second-order valence-electron chi connectivity index (χ2n) is 12.9. The minimum absolute atomic E-state index is 0.518. The average Bonchev–Trinajstić information content (AvgIpc) is 3.33. The maximum absolute atomic E-state index is 2.73. The number of hydrogen-bond acceptors (Lipinski definition) is 0. The molecule has 0 spiro atoms. The molecule has 0 N–H and O–H groups in total. The molecule has 232 valence electrons. The molecule has 3 aromatic rings. The molecule has 42 heavy (non-hydrogen) atoms. The van der Waals surface area contributed by atoms with Gasteiger partial charge in [-0.15, -0.1) is 0 Å². The van der Waals surface area contributed by atoms with E-state index in [1.54, 1.807) is 0 Å². The van der Waals surface area contributed by atoms with Crippen molar-refractivity contribution in [3.05, 3.63) is 89.5 Å². The van der Waals surface area contributed by atoms with Crippen molar-refractivity contribution in [2.75, 3.05) is 0 Å². The molecule has 1 aromatic heterocycles. The van der Waals surface area contributed by atoms with Crippen LogP contribution in [0.3, 0.4) is 0 Å². The Morgan fingerprint density at radius 3 is 1.67 bits per heavy atom. The first kappa shape index (κ1) is 34.1. The normalized spacial score (nSPS) is 12.2. The van der Waals surface area contributed by atoms with Crippen molar-refractivity contribution in [1.29, 1.82) is 0 Å². The summed E-state index contributed by atoms with van der Waals surface area (Å²) in [5.74, 6) is 2.03. The van der Waals surface area contributed by atoms with Crippen molar-refractivity contribution >= 4 is 0 Å². The van der Waals surface area contributed by atoms with Gasteiger partial charge in [-0.25, -0.2) is 9.13 Å². The van der Waals surface area contributed by atoms with Crippen LogP contribution in [-0.2, 0) is 25.9 Å². The maximum Gasteiger partial charge on any atom is 0.261 e. The van der Waals surface area contributed by atoms with Gasteiger partial charge in [0, 0.05) is 6.42 Å². The predicted molar refractivity (Wildman–Crippen MR) is 182 cm³/mol. The Bertz CT molecular complexity index is 1050. The number of hydrogen-bond donors (Lipinski definition) is 0. The summed E-state index contributed by atoms with van der Waals surface area (Å²) in [5, 5.41) is 0. The Morgan fingerprint density at radius 1 is 0.595 bits per heavy atom. The Morgan fingerprint density at radius 2 is 1.10 bits per heavy atom. The number of benzene rings is 2. The minimum atomic E-state index is 0.518. The van der Waals surface area contributed by atoms with E-state index in [-0.39, 0.29) is 0 Å². The van der Waals surface area contributed by atoms with Crippen molar-refractivity contribution in [1.82, 2.24) is 4.57 Å². The molecule has 0 aliphatic heterocycles. The van der Waals surface area contributed by atoms with Crippen LogP contribution in [0, 0.1) is 0 Å². The van der Waals surface area contributed by atoms with Crippen LogP contribution in [0.5, 0.6) is 0 Å². The third-order valence-electron chi connectivity index (χ3n) is 9.12. The van der Waals surface area contributed by atoms with E-state index in [9.17, 15) is 0 Å². The molecule has 0 aliphatic carbocycles. The second-order valence-corrected chi connectivity index (χ2v) is 12.9. The van der Waals surface area contributed by atoms with Crippen LogP contribution in [0.2, 0.25) is 0 Å². The zero-order valence-corrected chi connectivity index (χ0v) is 27.7. The van der Waals surface area contributed by atoms with Gasteiger partial charge in [-0.2, -0.15) is 0 Å². The van der Waals surface area contributed by atoms with Gasteiger partial charge in [0.2, 0.25) is 0 Å². The summed E-state index contributed by atoms with van der Waals surface area (Å²) in [6.45, 7) is 9.32. The smallest absolute Gasteiger partial charge is 0.234 e. The Hall–Kier alpha value is -2.35. The molecule has 1 heterocycles. The standard InChI is InChI=1S/C40H63N2/c1-4-6-8-10-12-13-14-15-16-17-25-31-41-35-39(33-36(3)38-29-23-20-24-30-38)42(32-26-18-11-9-7-5-2)40(41)34-37-27-21-19-22-28-37/h19-24,27-30,35-36H,4-18,25-26,31-34H2,1-3H3/q+1. The zero-order chi connectivity index (χ0) is 29.7. The quantitative estimate of drug-likeness (QED) is 0.0747. The third-order valence-corrected chi connectivity index (χ3v) is 9.12. The highest BCUT2D eigenvalue weighted by atomic mass is 15.2. The van der Waals surface area contributed by atoms with Gasteiger partial charge in [0.25, 0.3) is 5.82 Å². The second kappa shape index (κ2) is 21.4. The number of rotatable bonds is 24. The van der Waals surface area contributed by atoms with Crippen LogP contribution in [0.4, 0.5) is 0 Å². The van der Waals surface area contributed by atoms with Crippen LogP contribution in [-0.4, -0.2) is 4.57 Å². The Balaban J connectivity index is 1.67. The van der Waals surface area contributed by atoms with Crippen molar-refractivity contribution in [3.8, 4) is 0 Å². The van der Waals surface area contributed by atoms with E-state index < -0.39 is 0 Å². The number of aromatic nitrogens is 2. The topological polar surface area (TPSA) is 8.81 Å². The van der Waals surface area contributed by atoms with Gasteiger partial charge in [0.05, 0.1) is 19.5 Å².